The van der Waals surface area contributed by atoms with Crippen molar-refractivity contribution in [2.45, 2.75) is 30.9 Å². The fraction of sp³-hybridized carbons (Fsp3) is 0.500. The fourth-order valence-corrected chi connectivity index (χ4v) is 5.75. The lowest BCUT2D eigenvalue weighted by Crippen LogP contribution is -2.50. The molecule has 0 saturated carbocycles. The van der Waals surface area contributed by atoms with Crippen molar-refractivity contribution in [2.75, 3.05) is 47.4 Å². The first kappa shape index (κ1) is 26.1. The van der Waals surface area contributed by atoms with Crippen LogP contribution in [-0.2, 0) is 14.8 Å². The van der Waals surface area contributed by atoms with E-state index in [1.165, 1.54) is 10.4 Å². The molecular formula is C24H34N4O5S. The first-order valence-corrected chi connectivity index (χ1v) is 12.7. The van der Waals surface area contributed by atoms with Gasteiger partial charge in [-0.15, -0.1) is 0 Å². The number of rotatable bonds is 7. The van der Waals surface area contributed by atoms with Gasteiger partial charge in [0.25, 0.3) is 0 Å². The Morgan fingerprint density at radius 2 is 2.00 bits per heavy atom. The van der Waals surface area contributed by atoms with Gasteiger partial charge in [0.1, 0.15) is 16.7 Å². The number of carbonyl (C=O) groups is 1. The number of aliphatic hydroxyl groups is 1. The first-order valence-electron chi connectivity index (χ1n) is 11.3. The predicted octanol–water partition coefficient (Wildman–Crippen LogP) is 1.54. The number of benzene rings is 1. The Hall–Kier alpha value is -2.53. The maximum absolute atomic E-state index is 13.6. The van der Waals surface area contributed by atoms with Crippen molar-refractivity contribution in [3.8, 4) is 16.9 Å². The van der Waals surface area contributed by atoms with Gasteiger partial charge in [-0.2, -0.15) is 4.31 Å². The molecule has 9 nitrogen and oxygen atoms in total. The van der Waals surface area contributed by atoms with E-state index >= 15 is 0 Å². The fourth-order valence-electron chi connectivity index (χ4n) is 3.92. The van der Waals surface area contributed by atoms with Crippen LogP contribution in [0.2, 0.25) is 0 Å². The normalized spacial score (nSPS) is 21.1. The van der Waals surface area contributed by atoms with E-state index in [9.17, 15) is 18.3 Å². The predicted molar refractivity (Wildman–Crippen MR) is 130 cm³/mol. The SMILES string of the molecule is C[C@@H]1CN([C@@H](C)CO)S(=O)(=O)c2ccc(-c3cccnc3)cc2O[C@H]1CN(C)C(=O)CN(C)C. The molecule has 34 heavy (non-hydrogen) atoms. The van der Waals surface area contributed by atoms with Crippen molar-refractivity contribution in [2.24, 2.45) is 5.92 Å². The summed E-state index contributed by atoms with van der Waals surface area (Å²) >= 11 is 0. The number of aromatic nitrogens is 1. The van der Waals surface area contributed by atoms with Crippen molar-refractivity contribution in [1.29, 1.82) is 0 Å². The lowest BCUT2D eigenvalue weighted by Gasteiger charge is -2.37. The summed E-state index contributed by atoms with van der Waals surface area (Å²) in [5, 5.41) is 9.77. The van der Waals surface area contributed by atoms with Crippen LogP contribution in [0.1, 0.15) is 13.8 Å². The molecule has 3 atom stereocenters. The van der Waals surface area contributed by atoms with Crippen LogP contribution < -0.4 is 4.74 Å². The quantitative estimate of drug-likeness (QED) is 0.628. The highest BCUT2D eigenvalue weighted by molar-refractivity contribution is 7.89. The van der Waals surface area contributed by atoms with Gasteiger partial charge in [-0.1, -0.05) is 19.1 Å². The molecule has 1 aromatic heterocycles. The highest BCUT2D eigenvalue weighted by Crippen LogP contribution is 2.36. The minimum atomic E-state index is -3.92. The molecule has 1 amide bonds. The number of sulfonamides is 1. The molecule has 2 aromatic rings. The maximum atomic E-state index is 13.6. The van der Waals surface area contributed by atoms with Crippen molar-refractivity contribution in [3.63, 3.8) is 0 Å². The number of fused-ring (bicyclic) bond motifs is 1. The molecule has 1 aliphatic heterocycles. The van der Waals surface area contributed by atoms with Crippen LogP contribution in [0.5, 0.6) is 5.75 Å². The molecular weight excluding hydrogens is 456 g/mol. The topological polar surface area (TPSA) is 103 Å². The van der Waals surface area contributed by atoms with Crippen molar-refractivity contribution in [3.05, 3.63) is 42.7 Å². The average molecular weight is 491 g/mol. The third kappa shape index (κ3) is 5.75. The van der Waals surface area contributed by atoms with Crippen LogP contribution >= 0.6 is 0 Å². The zero-order chi connectivity index (χ0) is 25.0. The summed E-state index contributed by atoms with van der Waals surface area (Å²) in [6, 6.07) is 8.07. The third-order valence-corrected chi connectivity index (χ3v) is 8.01. The molecule has 0 fully saturated rings. The van der Waals surface area contributed by atoms with Gasteiger partial charge in [-0.05, 0) is 44.8 Å². The number of ether oxygens (including phenoxy) is 1. The van der Waals surface area contributed by atoms with Crippen LogP contribution in [0.15, 0.2) is 47.6 Å². The molecule has 1 N–H and O–H groups in total. The molecule has 3 rings (SSSR count). The van der Waals surface area contributed by atoms with Crippen molar-refractivity contribution >= 4 is 15.9 Å². The molecule has 0 radical (unpaired) electrons. The second-order valence-electron chi connectivity index (χ2n) is 9.16. The Morgan fingerprint density at radius 3 is 2.62 bits per heavy atom. The summed E-state index contributed by atoms with van der Waals surface area (Å²) in [7, 11) is 1.45. The zero-order valence-corrected chi connectivity index (χ0v) is 21.2. The first-order chi connectivity index (χ1) is 16.0. The molecule has 0 saturated heterocycles. The second-order valence-corrected chi connectivity index (χ2v) is 11.0. The molecule has 0 unspecified atom stereocenters. The highest BCUT2D eigenvalue weighted by atomic mass is 32.2. The van der Waals surface area contributed by atoms with Gasteiger partial charge in [-0.3, -0.25) is 9.78 Å². The molecule has 0 aliphatic carbocycles. The van der Waals surface area contributed by atoms with Crippen molar-refractivity contribution in [1.82, 2.24) is 19.1 Å². The summed E-state index contributed by atoms with van der Waals surface area (Å²) < 4.78 is 34.8. The number of hydrogen-bond donors (Lipinski definition) is 1. The summed E-state index contributed by atoms with van der Waals surface area (Å²) in [6.07, 6.45) is 2.92. The lowest BCUT2D eigenvalue weighted by atomic mass is 10.0. The number of likely N-dealkylation sites (N-methyl/N-ethyl adjacent to an activating group) is 2. The molecule has 1 aromatic carbocycles. The van der Waals surface area contributed by atoms with Crippen molar-refractivity contribution < 1.29 is 23.1 Å². The van der Waals surface area contributed by atoms with E-state index in [0.717, 1.165) is 11.1 Å². The molecule has 10 heteroatoms. The minimum Gasteiger partial charge on any atom is -0.487 e. The Bertz CT molecular complexity index is 1090. The zero-order valence-electron chi connectivity index (χ0n) is 20.4. The van der Waals surface area contributed by atoms with Gasteiger partial charge < -0.3 is 19.6 Å². The van der Waals surface area contributed by atoms with E-state index in [1.807, 2.05) is 33.2 Å². The van der Waals surface area contributed by atoms with E-state index in [4.69, 9.17) is 4.74 Å². The van der Waals surface area contributed by atoms with E-state index in [0.29, 0.717) is 6.54 Å². The van der Waals surface area contributed by atoms with Gasteiger partial charge in [0.05, 0.1) is 19.7 Å². The van der Waals surface area contributed by atoms with Crippen LogP contribution in [0.3, 0.4) is 0 Å². The van der Waals surface area contributed by atoms with Gasteiger partial charge in [0, 0.05) is 43.5 Å². The summed E-state index contributed by atoms with van der Waals surface area (Å²) in [4.78, 5) is 20.2. The summed E-state index contributed by atoms with van der Waals surface area (Å²) in [5.74, 6) is -0.0736. The number of pyridine rings is 1. The minimum absolute atomic E-state index is 0.0413. The van der Waals surface area contributed by atoms with E-state index in [2.05, 4.69) is 4.98 Å². The van der Waals surface area contributed by atoms with Crippen LogP contribution in [-0.4, -0.2) is 98.1 Å². The summed E-state index contributed by atoms with van der Waals surface area (Å²) in [5.41, 5.74) is 1.60. The summed E-state index contributed by atoms with van der Waals surface area (Å²) in [6.45, 7) is 4.00. The number of carbonyl (C=O) groups excluding carboxylic acids is 1. The van der Waals surface area contributed by atoms with Crippen LogP contribution in [0, 0.1) is 5.92 Å². The largest absolute Gasteiger partial charge is 0.487 e. The standard InChI is InChI=1S/C24H34N4O5S/c1-17-13-28(18(2)16-29)34(31,32)23-9-8-19(20-7-6-10-25-12-20)11-21(23)33-22(17)14-27(5)24(30)15-26(3)4/h6-12,17-18,22,29H,13-16H2,1-5H3/t17-,18+,22+/m1/s1. The Kier molecular flexibility index (Phi) is 8.29. The van der Waals surface area contributed by atoms with Crippen LogP contribution in [0.25, 0.3) is 11.1 Å². The smallest absolute Gasteiger partial charge is 0.247 e. The number of hydrogen-bond acceptors (Lipinski definition) is 7. The van der Waals surface area contributed by atoms with Gasteiger partial charge in [-0.25, -0.2) is 8.42 Å². The number of aliphatic hydroxyl groups excluding tert-OH is 1. The van der Waals surface area contributed by atoms with E-state index < -0.39 is 22.2 Å². The number of nitrogens with zero attached hydrogens (tertiary/aromatic N) is 4. The monoisotopic (exact) mass is 490 g/mol. The molecule has 1 aliphatic rings. The van der Waals surface area contributed by atoms with Gasteiger partial charge in [0.2, 0.25) is 15.9 Å². The Labute approximate surface area is 202 Å². The lowest BCUT2D eigenvalue weighted by molar-refractivity contribution is -0.132. The second kappa shape index (κ2) is 10.8. The van der Waals surface area contributed by atoms with Crippen LogP contribution in [0.4, 0.5) is 0 Å². The molecule has 186 valence electrons. The maximum Gasteiger partial charge on any atom is 0.247 e. The molecule has 0 spiro atoms. The molecule has 2 heterocycles. The van der Waals surface area contributed by atoms with Gasteiger partial charge >= 0.3 is 0 Å². The third-order valence-electron chi connectivity index (χ3n) is 5.99. The average Bonchev–Trinajstić information content (AvgIpc) is 2.80. The van der Waals surface area contributed by atoms with E-state index in [-0.39, 0.29) is 42.2 Å². The Balaban J connectivity index is 2.06. The van der Waals surface area contributed by atoms with Gasteiger partial charge in [0.15, 0.2) is 0 Å². The highest BCUT2D eigenvalue weighted by Gasteiger charge is 2.38. The Morgan fingerprint density at radius 1 is 1.26 bits per heavy atom. The van der Waals surface area contributed by atoms with E-state index in [1.54, 1.807) is 48.3 Å². The molecule has 0 bridgehead atoms. The number of amides is 1.